The first-order chi connectivity index (χ1) is 11.6. The molecule has 1 aliphatic rings. The fourth-order valence-electron chi connectivity index (χ4n) is 2.53. The highest BCUT2D eigenvalue weighted by atomic mass is 32.1. The third-order valence-corrected chi connectivity index (χ3v) is 4.97. The van der Waals surface area contributed by atoms with Gasteiger partial charge in [0.05, 0.1) is 12.0 Å². The van der Waals surface area contributed by atoms with E-state index in [4.69, 9.17) is 4.42 Å². The highest BCUT2D eigenvalue weighted by Gasteiger charge is 2.22. The summed E-state index contributed by atoms with van der Waals surface area (Å²) in [7, 11) is 0. The van der Waals surface area contributed by atoms with E-state index in [-0.39, 0.29) is 11.7 Å². The third kappa shape index (κ3) is 3.65. The molecule has 2 aromatic heterocycles. The van der Waals surface area contributed by atoms with E-state index in [0.717, 1.165) is 31.7 Å². The van der Waals surface area contributed by atoms with E-state index in [0.29, 0.717) is 5.13 Å². The van der Waals surface area contributed by atoms with Crippen LogP contribution in [0.3, 0.4) is 0 Å². The van der Waals surface area contributed by atoms with Crippen LogP contribution in [0.2, 0.25) is 0 Å². The molecule has 1 aliphatic heterocycles. The van der Waals surface area contributed by atoms with Crippen LogP contribution >= 0.6 is 11.3 Å². The topological polar surface area (TPSA) is 87.5 Å². The minimum atomic E-state index is -0.685. The fraction of sp³-hybridized carbons (Fsp3) is 0.438. The van der Waals surface area contributed by atoms with Crippen molar-refractivity contribution in [2.24, 2.45) is 0 Å². The molecule has 0 saturated heterocycles. The van der Waals surface area contributed by atoms with Crippen molar-refractivity contribution < 1.29 is 14.0 Å². The van der Waals surface area contributed by atoms with Crippen LogP contribution in [0.5, 0.6) is 0 Å². The van der Waals surface area contributed by atoms with Crippen molar-refractivity contribution in [1.82, 2.24) is 15.2 Å². The van der Waals surface area contributed by atoms with Crippen molar-refractivity contribution in [1.29, 1.82) is 0 Å². The van der Waals surface area contributed by atoms with Gasteiger partial charge < -0.3 is 15.1 Å². The Balaban J connectivity index is 1.59. The molecule has 0 fully saturated rings. The Hall–Kier alpha value is -2.19. The van der Waals surface area contributed by atoms with E-state index in [1.165, 1.54) is 22.5 Å². The molecule has 1 unspecified atom stereocenters. The lowest BCUT2D eigenvalue weighted by Crippen LogP contribution is -2.41. The summed E-state index contributed by atoms with van der Waals surface area (Å²) in [5.41, 5.74) is 1.06. The number of fused-ring (bicyclic) bond motifs is 1. The maximum atomic E-state index is 12.3. The average molecular weight is 348 g/mol. The number of aromatic nitrogens is 1. The van der Waals surface area contributed by atoms with Gasteiger partial charge >= 0.3 is 0 Å². The molecular weight excluding hydrogens is 328 g/mol. The van der Waals surface area contributed by atoms with Crippen molar-refractivity contribution in [3.63, 3.8) is 0 Å². The molecule has 2 aromatic rings. The third-order valence-electron chi connectivity index (χ3n) is 3.97. The zero-order chi connectivity index (χ0) is 17.1. The molecule has 3 rings (SSSR count). The Morgan fingerprint density at radius 3 is 3.04 bits per heavy atom. The van der Waals surface area contributed by atoms with Gasteiger partial charge in [-0.3, -0.25) is 14.5 Å². The first-order valence-corrected chi connectivity index (χ1v) is 8.74. The number of amides is 2. The Labute approximate surface area is 144 Å². The molecule has 128 valence electrons. The molecule has 2 amide bonds. The van der Waals surface area contributed by atoms with Crippen molar-refractivity contribution in [3.05, 3.63) is 34.7 Å². The van der Waals surface area contributed by atoms with Gasteiger partial charge in [0.1, 0.15) is 6.04 Å². The Bertz CT molecular complexity index is 726. The molecule has 0 aromatic carbocycles. The number of likely N-dealkylation sites (N-methyl/N-ethyl adjacent to an activating group) is 1. The molecule has 2 N–H and O–H groups in total. The number of rotatable bonds is 5. The molecule has 0 saturated carbocycles. The minimum Gasteiger partial charge on any atom is -0.459 e. The summed E-state index contributed by atoms with van der Waals surface area (Å²) in [6.07, 6.45) is 2.32. The second kappa shape index (κ2) is 7.14. The first kappa shape index (κ1) is 16.7. The maximum Gasteiger partial charge on any atom is 0.287 e. The maximum absolute atomic E-state index is 12.3. The van der Waals surface area contributed by atoms with Gasteiger partial charge in [-0.1, -0.05) is 6.92 Å². The number of thiazole rings is 1. The summed E-state index contributed by atoms with van der Waals surface area (Å²) in [6, 6.07) is 2.49. The number of nitrogens with zero attached hydrogens (tertiary/aromatic N) is 2. The lowest BCUT2D eigenvalue weighted by molar-refractivity contribution is -0.117. The van der Waals surface area contributed by atoms with Crippen LogP contribution in [0.4, 0.5) is 5.13 Å². The molecule has 0 radical (unpaired) electrons. The van der Waals surface area contributed by atoms with E-state index in [9.17, 15) is 9.59 Å². The van der Waals surface area contributed by atoms with Gasteiger partial charge in [-0.15, -0.1) is 11.3 Å². The van der Waals surface area contributed by atoms with Gasteiger partial charge in [0.25, 0.3) is 5.91 Å². The van der Waals surface area contributed by atoms with Gasteiger partial charge in [-0.05, 0) is 25.6 Å². The van der Waals surface area contributed by atoms with Crippen LogP contribution in [0.15, 0.2) is 22.8 Å². The van der Waals surface area contributed by atoms with Crippen LogP contribution in [0, 0.1) is 0 Å². The molecule has 0 spiro atoms. The van der Waals surface area contributed by atoms with Crippen LogP contribution < -0.4 is 10.6 Å². The highest BCUT2D eigenvalue weighted by molar-refractivity contribution is 7.15. The number of hydrogen-bond donors (Lipinski definition) is 2. The second-order valence-electron chi connectivity index (χ2n) is 5.67. The fourth-order valence-corrected chi connectivity index (χ4v) is 3.58. The number of carbonyl (C=O) groups is 2. The van der Waals surface area contributed by atoms with Crippen molar-refractivity contribution in [2.45, 2.75) is 32.9 Å². The van der Waals surface area contributed by atoms with E-state index < -0.39 is 11.9 Å². The molecular formula is C16H20N4O3S. The summed E-state index contributed by atoms with van der Waals surface area (Å²) in [5, 5.41) is 5.98. The smallest absolute Gasteiger partial charge is 0.287 e. The Kier molecular flexibility index (Phi) is 4.96. The molecule has 0 aliphatic carbocycles. The average Bonchev–Trinajstić information content (AvgIpc) is 3.23. The predicted molar refractivity (Wildman–Crippen MR) is 91.0 cm³/mol. The van der Waals surface area contributed by atoms with Crippen molar-refractivity contribution in [2.75, 3.05) is 18.4 Å². The van der Waals surface area contributed by atoms with Crippen LogP contribution in [0.25, 0.3) is 0 Å². The molecule has 24 heavy (non-hydrogen) atoms. The highest BCUT2D eigenvalue weighted by Crippen LogP contribution is 2.28. The second-order valence-corrected chi connectivity index (χ2v) is 6.75. The largest absolute Gasteiger partial charge is 0.459 e. The van der Waals surface area contributed by atoms with Crippen LogP contribution in [0.1, 0.15) is 35.0 Å². The zero-order valence-corrected chi connectivity index (χ0v) is 14.5. The lowest BCUT2D eigenvalue weighted by Gasteiger charge is -2.23. The minimum absolute atomic E-state index is 0.180. The first-order valence-electron chi connectivity index (χ1n) is 7.93. The Morgan fingerprint density at radius 2 is 2.33 bits per heavy atom. The van der Waals surface area contributed by atoms with Gasteiger partial charge in [0, 0.05) is 24.4 Å². The van der Waals surface area contributed by atoms with Gasteiger partial charge in [0.2, 0.25) is 5.91 Å². The summed E-state index contributed by atoms with van der Waals surface area (Å²) in [4.78, 5) is 32.2. The quantitative estimate of drug-likeness (QED) is 0.861. The number of carbonyl (C=O) groups excluding carboxylic acids is 2. The monoisotopic (exact) mass is 348 g/mol. The van der Waals surface area contributed by atoms with Crippen molar-refractivity contribution >= 4 is 28.3 Å². The number of furan rings is 1. The van der Waals surface area contributed by atoms with E-state index >= 15 is 0 Å². The molecule has 1 atom stereocenters. The molecule has 0 bridgehead atoms. The SMILES string of the molecule is CCN1CCc2nc(NC(=O)C(C)NC(=O)c3ccco3)sc2C1. The van der Waals surface area contributed by atoms with Crippen LogP contribution in [-0.4, -0.2) is 40.8 Å². The number of hydrogen-bond acceptors (Lipinski definition) is 6. The van der Waals surface area contributed by atoms with Crippen molar-refractivity contribution in [3.8, 4) is 0 Å². The van der Waals surface area contributed by atoms with Gasteiger partial charge in [0.15, 0.2) is 10.9 Å². The standard InChI is InChI=1S/C16H20N4O3S/c1-3-20-7-6-11-13(9-20)24-16(18-11)19-14(21)10(2)17-15(22)12-5-4-8-23-12/h4-5,8,10H,3,6-7,9H2,1-2H3,(H,17,22)(H,18,19,21). The number of anilines is 1. The lowest BCUT2D eigenvalue weighted by atomic mass is 10.2. The van der Waals surface area contributed by atoms with Crippen LogP contribution in [-0.2, 0) is 17.8 Å². The zero-order valence-electron chi connectivity index (χ0n) is 13.7. The summed E-state index contributed by atoms with van der Waals surface area (Å²) in [6.45, 7) is 6.65. The molecule has 7 nitrogen and oxygen atoms in total. The Morgan fingerprint density at radius 1 is 1.50 bits per heavy atom. The van der Waals surface area contributed by atoms with Gasteiger partial charge in [-0.25, -0.2) is 4.98 Å². The molecule has 8 heteroatoms. The summed E-state index contributed by atoms with van der Waals surface area (Å²) in [5.74, 6) is -0.535. The van der Waals surface area contributed by atoms with E-state index in [1.807, 2.05) is 0 Å². The van der Waals surface area contributed by atoms with E-state index in [1.54, 1.807) is 19.1 Å². The van der Waals surface area contributed by atoms with Gasteiger partial charge in [-0.2, -0.15) is 0 Å². The molecule has 3 heterocycles. The number of nitrogens with one attached hydrogen (secondary N) is 2. The van der Waals surface area contributed by atoms with E-state index in [2.05, 4.69) is 27.4 Å². The normalized spacial score (nSPS) is 15.6. The summed E-state index contributed by atoms with van der Waals surface area (Å²) >= 11 is 1.50. The summed E-state index contributed by atoms with van der Waals surface area (Å²) < 4.78 is 5.01. The predicted octanol–water partition coefficient (Wildman–Crippen LogP) is 1.87.